The van der Waals surface area contributed by atoms with Gasteiger partial charge in [-0.05, 0) is 24.8 Å². The molecule has 0 saturated heterocycles. The average molecular weight is 270 g/mol. The van der Waals surface area contributed by atoms with E-state index in [1.54, 1.807) is 0 Å². The summed E-state index contributed by atoms with van der Waals surface area (Å²) in [6, 6.07) is 3.27. The lowest BCUT2D eigenvalue weighted by Crippen LogP contribution is -2.31. The van der Waals surface area contributed by atoms with E-state index >= 15 is 0 Å². The molecule has 1 aliphatic rings. The summed E-state index contributed by atoms with van der Waals surface area (Å²) >= 11 is 5.87. The molecule has 1 fully saturated rings. The van der Waals surface area contributed by atoms with Gasteiger partial charge >= 0.3 is 5.69 Å². The Bertz CT molecular complexity index is 461. The molecular formula is C12H16ClN3O2. The summed E-state index contributed by atoms with van der Waals surface area (Å²) in [5, 5.41) is 11.4. The highest BCUT2D eigenvalue weighted by Crippen LogP contribution is 2.36. The smallest absolute Gasteiger partial charge is 0.311 e. The van der Waals surface area contributed by atoms with E-state index in [1.165, 1.54) is 12.1 Å². The standard InChI is InChI=1S/C12H16ClN3O2/c1-8(2)7-15(9-3-4-9)12-10(16(17)18)5-6-11(13)14-12/h5-6,8-9H,3-4,7H2,1-2H3. The average Bonchev–Trinajstić information content (AvgIpc) is 3.08. The number of nitrogens with zero attached hydrogens (tertiary/aromatic N) is 3. The summed E-state index contributed by atoms with van der Waals surface area (Å²) in [4.78, 5) is 16.8. The number of hydrogen-bond acceptors (Lipinski definition) is 4. The number of aromatic nitrogens is 1. The molecule has 0 aliphatic heterocycles. The van der Waals surface area contributed by atoms with Crippen LogP contribution in [0.25, 0.3) is 0 Å². The molecule has 0 radical (unpaired) electrons. The van der Waals surface area contributed by atoms with Gasteiger partial charge < -0.3 is 4.90 Å². The van der Waals surface area contributed by atoms with Crippen LogP contribution in [0.1, 0.15) is 26.7 Å². The Hall–Kier alpha value is -1.36. The fourth-order valence-electron chi connectivity index (χ4n) is 1.96. The van der Waals surface area contributed by atoms with Crippen LogP contribution in [-0.2, 0) is 0 Å². The van der Waals surface area contributed by atoms with Gasteiger partial charge in [0.05, 0.1) is 4.92 Å². The first-order chi connectivity index (χ1) is 8.49. The summed E-state index contributed by atoms with van der Waals surface area (Å²) in [5.74, 6) is 0.828. The maximum Gasteiger partial charge on any atom is 0.311 e. The molecule has 18 heavy (non-hydrogen) atoms. The molecule has 98 valence electrons. The second-order valence-electron chi connectivity index (χ2n) is 5.01. The van der Waals surface area contributed by atoms with Crippen LogP contribution >= 0.6 is 11.6 Å². The van der Waals surface area contributed by atoms with E-state index in [2.05, 4.69) is 18.8 Å². The van der Waals surface area contributed by atoms with Crippen molar-refractivity contribution < 1.29 is 4.92 Å². The fourth-order valence-corrected chi connectivity index (χ4v) is 2.10. The normalized spacial score (nSPS) is 14.9. The first-order valence-electron chi connectivity index (χ1n) is 6.06. The van der Waals surface area contributed by atoms with Crippen molar-refractivity contribution in [1.82, 2.24) is 4.98 Å². The number of halogens is 1. The van der Waals surface area contributed by atoms with Crippen LogP contribution in [0.5, 0.6) is 0 Å². The summed E-state index contributed by atoms with van der Waals surface area (Å²) in [5.41, 5.74) is 0.0342. The zero-order valence-electron chi connectivity index (χ0n) is 10.5. The zero-order valence-corrected chi connectivity index (χ0v) is 11.2. The molecule has 0 atom stereocenters. The van der Waals surface area contributed by atoms with E-state index in [0.29, 0.717) is 22.9 Å². The topological polar surface area (TPSA) is 59.3 Å². The number of anilines is 1. The van der Waals surface area contributed by atoms with Crippen molar-refractivity contribution in [2.45, 2.75) is 32.7 Å². The number of pyridine rings is 1. The predicted octanol–water partition coefficient (Wildman–Crippen LogP) is 3.27. The second kappa shape index (κ2) is 5.10. The Morgan fingerprint density at radius 3 is 2.72 bits per heavy atom. The molecule has 1 heterocycles. The van der Waals surface area contributed by atoms with Gasteiger partial charge in [-0.3, -0.25) is 10.1 Å². The van der Waals surface area contributed by atoms with Crippen LogP contribution in [0.2, 0.25) is 5.15 Å². The lowest BCUT2D eigenvalue weighted by atomic mass is 10.2. The Morgan fingerprint density at radius 2 is 2.22 bits per heavy atom. The maximum atomic E-state index is 11.1. The number of nitro groups is 1. The van der Waals surface area contributed by atoms with E-state index in [4.69, 9.17) is 11.6 Å². The highest BCUT2D eigenvalue weighted by Gasteiger charge is 2.34. The van der Waals surface area contributed by atoms with E-state index in [1.807, 2.05) is 4.90 Å². The van der Waals surface area contributed by atoms with Crippen molar-refractivity contribution in [2.75, 3.05) is 11.4 Å². The lowest BCUT2D eigenvalue weighted by Gasteiger charge is -2.25. The molecule has 1 aromatic rings. The third-order valence-electron chi connectivity index (χ3n) is 2.84. The molecule has 0 amide bonds. The van der Waals surface area contributed by atoms with Gasteiger partial charge in [-0.15, -0.1) is 0 Å². The molecule has 0 unspecified atom stereocenters. The van der Waals surface area contributed by atoms with Crippen molar-refractivity contribution in [2.24, 2.45) is 5.92 Å². The van der Waals surface area contributed by atoms with E-state index in [0.717, 1.165) is 19.4 Å². The second-order valence-corrected chi connectivity index (χ2v) is 5.40. The van der Waals surface area contributed by atoms with Gasteiger partial charge in [0.1, 0.15) is 5.15 Å². The van der Waals surface area contributed by atoms with Crippen molar-refractivity contribution >= 4 is 23.1 Å². The van der Waals surface area contributed by atoms with Crippen LogP contribution in [0.3, 0.4) is 0 Å². The lowest BCUT2D eigenvalue weighted by molar-refractivity contribution is -0.384. The van der Waals surface area contributed by atoms with Crippen molar-refractivity contribution in [1.29, 1.82) is 0 Å². The molecule has 0 bridgehead atoms. The van der Waals surface area contributed by atoms with E-state index in [-0.39, 0.29) is 5.69 Å². The molecule has 1 aliphatic carbocycles. The highest BCUT2D eigenvalue weighted by atomic mass is 35.5. The maximum absolute atomic E-state index is 11.1. The first kappa shape index (κ1) is 13.1. The van der Waals surface area contributed by atoms with Crippen LogP contribution in [0, 0.1) is 16.0 Å². The van der Waals surface area contributed by atoms with Gasteiger partial charge in [-0.2, -0.15) is 0 Å². The molecule has 6 heteroatoms. The first-order valence-corrected chi connectivity index (χ1v) is 6.44. The minimum Gasteiger partial charge on any atom is -0.348 e. The van der Waals surface area contributed by atoms with Gasteiger partial charge in [0, 0.05) is 18.7 Å². The number of hydrogen-bond donors (Lipinski definition) is 0. The van der Waals surface area contributed by atoms with Crippen LogP contribution in [-0.4, -0.2) is 22.5 Å². The van der Waals surface area contributed by atoms with E-state index in [9.17, 15) is 10.1 Å². The Labute approximate surface area is 111 Å². The largest absolute Gasteiger partial charge is 0.348 e. The number of rotatable bonds is 5. The van der Waals surface area contributed by atoms with Gasteiger partial charge in [0.25, 0.3) is 0 Å². The molecule has 1 aromatic heterocycles. The van der Waals surface area contributed by atoms with Gasteiger partial charge in [-0.1, -0.05) is 25.4 Å². The summed E-state index contributed by atoms with van der Waals surface area (Å²) in [6.45, 7) is 4.94. The van der Waals surface area contributed by atoms with Crippen LogP contribution in [0.4, 0.5) is 11.5 Å². The monoisotopic (exact) mass is 269 g/mol. The third-order valence-corrected chi connectivity index (χ3v) is 3.05. The van der Waals surface area contributed by atoms with Crippen molar-refractivity contribution in [3.8, 4) is 0 Å². The molecule has 0 spiro atoms. The van der Waals surface area contributed by atoms with Crippen molar-refractivity contribution in [3.05, 3.63) is 27.4 Å². The molecule has 0 aromatic carbocycles. The fraction of sp³-hybridized carbons (Fsp3) is 0.583. The van der Waals surface area contributed by atoms with Gasteiger partial charge in [-0.25, -0.2) is 4.98 Å². The van der Waals surface area contributed by atoms with Gasteiger partial charge in [0.2, 0.25) is 5.82 Å². The molecule has 0 N–H and O–H groups in total. The molecular weight excluding hydrogens is 254 g/mol. The van der Waals surface area contributed by atoms with Crippen LogP contribution < -0.4 is 4.90 Å². The molecule has 5 nitrogen and oxygen atoms in total. The van der Waals surface area contributed by atoms with Gasteiger partial charge in [0.15, 0.2) is 0 Å². The highest BCUT2D eigenvalue weighted by molar-refractivity contribution is 6.29. The Kier molecular flexibility index (Phi) is 3.71. The quantitative estimate of drug-likeness (QED) is 0.468. The SMILES string of the molecule is CC(C)CN(c1nc(Cl)ccc1[N+](=O)[O-])C1CC1. The minimum atomic E-state index is -0.394. The Morgan fingerprint density at radius 1 is 1.56 bits per heavy atom. The molecule has 2 rings (SSSR count). The summed E-state index contributed by atoms with van der Waals surface area (Å²) in [6.07, 6.45) is 2.14. The predicted molar refractivity (Wildman–Crippen MR) is 71.1 cm³/mol. The summed E-state index contributed by atoms with van der Waals surface area (Å²) < 4.78 is 0. The zero-order chi connectivity index (χ0) is 13.3. The van der Waals surface area contributed by atoms with E-state index < -0.39 is 4.92 Å². The molecule has 1 saturated carbocycles. The van der Waals surface area contributed by atoms with Crippen molar-refractivity contribution in [3.63, 3.8) is 0 Å². The van der Waals surface area contributed by atoms with Crippen LogP contribution in [0.15, 0.2) is 12.1 Å². The Balaban J connectivity index is 2.38. The summed E-state index contributed by atoms with van der Waals surface area (Å²) in [7, 11) is 0. The third kappa shape index (κ3) is 2.90. The minimum absolute atomic E-state index is 0.0342.